The van der Waals surface area contributed by atoms with Crippen molar-refractivity contribution in [1.29, 1.82) is 0 Å². The lowest BCUT2D eigenvalue weighted by atomic mass is 9.97. The Morgan fingerprint density at radius 2 is 1.80 bits per heavy atom. The van der Waals surface area contributed by atoms with Crippen LogP contribution in [0.3, 0.4) is 0 Å². The van der Waals surface area contributed by atoms with E-state index in [9.17, 15) is 5.11 Å². The number of aliphatic hydroxyl groups is 1. The molecule has 2 unspecified atom stereocenters. The molecular weight excluding hydrogens is 308 g/mol. The average Bonchev–Trinajstić information content (AvgIpc) is 3.15. The smallest absolute Gasteiger partial charge is 0.0591 e. The molecule has 0 aliphatic heterocycles. The first kappa shape index (κ1) is 22.3. The highest BCUT2D eigenvalue weighted by Crippen LogP contribution is 2.55. The van der Waals surface area contributed by atoms with Crippen LogP contribution in [-0.2, 0) is 0 Å². The van der Waals surface area contributed by atoms with Gasteiger partial charge in [0.1, 0.15) is 0 Å². The van der Waals surface area contributed by atoms with E-state index in [0.29, 0.717) is 5.41 Å². The molecule has 3 nitrogen and oxygen atoms in total. The SMILES string of the molecule is CCCCCCCCCC1(C)CC1CN/C=C(\N)CCCC(C)(C)O. The van der Waals surface area contributed by atoms with Crippen LogP contribution in [0.1, 0.15) is 105 Å². The molecule has 0 aromatic rings. The number of rotatable bonds is 15. The first-order valence-corrected chi connectivity index (χ1v) is 10.7. The summed E-state index contributed by atoms with van der Waals surface area (Å²) in [6.07, 6.45) is 17.1. The fourth-order valence-electron chi connectivity index (χ4n) is 3.74. The quantitative estimate of drug-likeness (QED) is 0.342. The number of nitrogens with one attached hydrogen (secondary N) is 1. The summed E-state index contributed by atoms with van der Waals surface area (Å²) in [5.74, 6) is 0.813. The van der Waals surface area contributed by atoms with Gasteiger partial charge in [0.05, 0.1) is 5.60 Å². The van der Waals surface area contributed by atoms with Crippen molar-refractivity contribution < 1.29 is 5.11 Å². The zero-order valence-corrected chi connectivity index (χ0v) is 17.4. The second-order valence-electron chi connectivity index (χ2n) is 9.22. The van der Waals surface area contributed by atoms with Gasteiger partial charge in [-0.1, -0.05) is 58.8 Å². The van der Waals surface area contributed by atoms with Gasteiger partial charge in [-0.25, -0.2) is 0 Å². The van der Waals surface area contributed by atoms with Gasteiger partial charge in [0.25, 0.3) is 0 Å². The largest absolute Gasteiger partial charge is 0.401 e. The third-order valence-electron chi connectivity index (χ3n) is 5.80. The monoisotopic (exact) mass is 352 g/mol. The van der Waals surface area contributed by atoms with Crippen molar-refractivity contribution in [2.75, 3.05) is 6.54 Å². The molecule has 1 rings (SSSR count). The summed E-state index contributed by atoms with van der Waals surface area (Å²) >= 11 is 0. The maximum absolute atomic E-state index is 9.71. The van der Waals surface area contributed by atoms with Gasteiger partial charge in [0.15, 0.2) is 0 Å². The van der Waals surface area contributed by atoms with Crippen molar-refractivity contribution in [2.24, 2.45) is 17.1 Å². The Labute approximate surface area is 156 Å². The summed E-state index contributed by atoms with van der Waals surface area (Å²) < 4.78 is 0. The molecule has 0 aromatic heterocycles. The standard InChI is InChI=1S/C22H44N2O/c1-5-6-7-8-9-10-11-15-22(4)16-19(22)17-24-18-20(23)13-12-14-21(2,3)25/h18-19,24-25H,5-17,23H2,1-4H3/b20-18-. The Balaban J connectivity index is 2.04. The number of allylic oxidation sites excluding steroid dienone is 1. The molecule has 0 saturated heterocycles. The van der Waals surface area contributed by atoms with Crippen molar-refractivity contribution in [3.05, 3.63) is 11.9 Å². The molecule has 3 heteroatoms. The molecule has 1 saturated carbocycles. The van der Waals surface area contributed by atoms with Gasteiger partial charge in [-0.15, -0.1) is 0 Å². The molecule has 0 amide bonds. The minimum absolute atomic E-state index is 0.569. The summed E-state index contributed by atoms with van der Waals surface area (Å²) in [6.45, 7) is 9.49. The van der Waals surface area contributed by atoms with E-state index < -0.39 is 5.60 Å². The van der Waals surface area contributed by atoms with E-state index in [1.165, 1.54) is 57.8 Å². The summed E-state index contributed by atoms with van der Waals surface area (Å²) in [4.78, 5) is 0. The van der Waals surface area contributed by atoms with Gasteiger partial charge >= 0.3 is 0 Å². The fourth-order valence-corrected chi connectivity index (χ4v) is 3.74. The Morgan fingerprint density at radius 3 is 2.44 bits per heavy atom. The zero-order chi connectivity index (χ0) is 18.8. The molecule has 1 fully saturated rings. The average molecular weight is 353 g/mol. The van der Waals surface area contributed by atoms with Crippen molar-refractivity contribution in [3.8, 4) is 0 Å². The molecule has 0 bridgehead atoms. The molecular formula is C22H44N2O. The molecule has 25 heavy (non-hydrogen) atoms. The second-order valence-corrected chi connectivity index (χ2v) is 9.22. The lowest BCUT2D eigenvalue weighted by Gasteiger charge is -2.16. The van der Waals surface area contributed by atoms with Crippen LogP contribution in [0.5, 0.6) is 0 Å². The van der Waals surface area contributed by atoms with Crippen LogP contribution >= 0.6 is 0 Å². The van der Waals surface area contributed by atoms with Gasteiger partial charge in [0.2, 0.25) is 0 Å². The van der Waals surface area contributed by atoms with Gasteiger partial charge in [-0.2, -0.15) is 0 Å². The molecule has 0 radical (unpaired) electrons. The zero-order valence-electron chi connectivity index (χ0n) is 17.4. The fraction of sp³-hybridized carbons (Fsp3) is 0.909. The van der Waals surface area contributed by atoms with Crippen molar-refractivity contribution >= 4 is 0 Å². The molecule has 0 spiro atoms. The van der Waals surface area contributed by atoms with Crippen molar-refractivity contribution in [1.82, 2.24) is 5.32 Å². The van der Waals surface area contributed by atoms with E-state index in [0.717, 1.165) is 37.4 Å². The maximum Gasteiger partial charge on any atom is 0.0591 e. The molecule has 0 aromatic carbocycles. The second kappa shape index (κ2) is 11.1. The summed E-state index contributed by atoms with van der Waals surface area (Å²) in [6, 6.07) is 0. The predicted octanol–water partition coefficient (Wildman–Crippen LogP) is 5.48. The lowest BCUT2D eigenvalue weighted by molar-refractivity contribution is 0.0689. The predicted molar refractivity (Wildman–Crippen MR) is 109 cm³/mol. The molecule has 0 heterocycles. The topological polar surface area (TPSA) is 58.3 Å². The van der Waals surface area contributed by atoms with Crippen LogP contribution < -0.4 is 11.1 Å². The molecule has 4 N–H and O–H groups in total. The highest BCUT2D eigenvalue weighted by molar-refractivity contribution is 5.02. The summed E-state index contributed by atoms with van der Waals surface area (Å²) in [7, 11) is 0. The minimum atomic E-state index is -0.584. The highest BCUT2D eigenvalue weighted by Gasteiger charge is 2.48. The Hall–Kier alpha value is -0.700. The van der Waals surface area contributed by atoms with Gasteiger partial charge in [0, 0.05) is 18.4 Å². The number of hydrogen-bond acceptors (Lipinski definition) is 3. The van der Waals surface area contributed by atoms with Crippen LogP contribution in [0.2, 0.25) is 0 Å². The first-order valence-electron chi connectivity index (χ1n) is 10.7. The van der Waals surface area contributed by atoms with Crippen LogP contribution in [0.15, 0.2) is 11.9 Å². The first-order chi connectivity index (χ1) is 11.8. The van der Waals surface area contributed by atoms with E-state index in [1.54, 1.807) is 0 Å². The number of unbranched alkanes of at least 4 members (excludes halogenated alkanes) is 6. The van der Waals surface area contributed by atoms with E-state index in [2.05, 4.69) is 19.2 Å². The molecule has 2 atom stereocenters. The number of nitrogens with two attached hydrogens (primary N) is 1. The summed E-state index contributed by atoms with van der Waals surface area (Å²) in [5.41, 5.74) is 6.93. The number of hydrogen-bond donors (Lipinski definition) is 3. The minimum Gasteiger partial charge on any atom is -0.401 e. The van der Waals surface area contributed by atoms with E-state index in [-0.39, 0.29) is 0 Å². The van der Waals surface area contributed by atoms with Gasteiger partial charge in [-0.05, 0) is 57.3 Å². The summed E-state index contributed by atoms with van der Waals surface area (Å²) in [5, 5.41) is 13.1. The van der Waals surface area contributed by atoms with Crippen LogP contribution in [0.4, 0.5) is 0 Å². The molecule has 1 aliphatic rings. The van der Waals surface area contributed by atoms with E-state index in [1.807, 2.05) is 20.0 Å². The van der Waals surface area contributed by atoms with Gasteiger partial charge in [-0.3, -0.25) is 0 Å². The maximum atomic E-state index is 9.71. The van der Waals surface area contributed by atoms with E-state index >= 15 is 0 Å². The third-order valence-corrected chi connectivity index (χ3v) is 5.80. The van der Waals surface area contributed by atoms with Crippen molar-refractivity contribution in [3.63, 3.8) is 0 Å². The van der Waals surface area contributed by atoms with Crippen LogP contribution in [-0.4, -0.2) is 17.3 Å². The van der Waals surface area contributed by atoms with Crippen molar-refractivity contribution in [2.45, 2.75) is 110 Å². The van der Waals surface area contributed by atoms with Gasteiger partial charge < -0.3 is 16.2 Å². The van der Waals surface area contributed by atoms with Crippen LogP contribution in [0.25, 0.3) is 0 Å². The highest BCUT2D eigenvalue weighted by atomic mass is 16.3. The third kappa shape index (κ3) is 10.8. The molecule has 1 aliphatic carbocycles. The van der Waals surface area contributed by atoms with E-state index in [4.69, 9.17) is 5.73 Å². The lowest BCUT2D eigenvalue weighted by Crippen LogP contribution is -2.19. The Bertz CT molecular complexity index is 386. The Morgan fingerprint density at radius 1 is 1.16 bits per heavy atom. The normalized spacial score (nSPS) is 23.7. The molecule has 148 valence electrons. The van der Waals surface area contributed by atoms with Crippen LogP contribution in [0, 0.1) is 11.3 Å². The Kier molecular flexibility index (Phi) is 9.92.